The average Bonchev–Trinajstić information content (AvgIpc) is 2.78. The number of hydrogen-bond acceptors (Lipinski definition) is 3. The van der Waals surface area contributed by atoms with Gasteiger partial charge in [-0.3, -0.25) is 25.2 Å². The van der Waals surface area contributed by atoms with E-state index in [1.54, 1.807) is 54.6 Å². The summed E-state index contributed by atoms with van der Waals surface area (Å²) in [5.74, 6) is -1.07. The zero-order valence-electron chi connectivity index (χ0n) is 15.8. The van der Waals surface area contributed by atoms with Crippen molar-refractivity contribution in [3.05, 3.63) is 114 Å². The number of rotatable bonds is 5. The molecule has 0 unspecified atom stereocenters. The molecular weight excluding hydrogens is 362 g/mol. The largest absolute Gasteiger partial charge is 0.292 e. The highest BCUT2D eigenvalue weighted by atomic mass is 16.2. The fourth-order valence-corrected chi connectivity index (χ4v) is 2.71. The van der Waals surface area contributed by atoms with Crippen LogP contribution in [-0.2, 0) is 0 Å². The monoisotopic (exact) mass is 383 g/mol. The number of carbonyl (C=O) groups excluding carboxylic acids is 2. The van der Waals surface area contributed by atoms with E-state index in [2.05, 4.69) is 5.32 Å². The van der Waals surface area contributed by atoms with Crippen LogP contribution in [-0.4, -0.2) is 29.2 Å². The Balaban J connectivity index is 1.77. The van der Waals surface area contributed by atoms with Crippen molar-refractivity contribution in [3.8, 4) is 0 Å². The van der Waals surface area contributed by atoms with Crippen LogP contribution in [0.3, 0.4) is 0 Å². The Labute approximate surface area is 169 Å². The van der Waals surface area contributed by atoms with E-state index in [0.717, 1.165) is 5.56 Å². The minimum Gasteiger partial charge on any atom is -0.292 e. The Morgan fingerprint density at radius 2 is 1.31 bits per heavy atom. The summed E-state index contributed by atoms with van der Waals surface area (Å²) >= 11 is 0. The van der Waals surface area contributed by atoms with Crippen molar-refractivity contribution in [2.75, 3.05) is 6.54 Å². The van der Waals surface area contributed by atoms with Crippen LogP contribution >= 0.6 is 0 Å². The summed E-state index contributed by atoms with van der Waals surface area (Å²) in [5, 5.41) is 10.8. The Bertz CT molecular complexity index is 1000. The van der Waals surface area contributed by atoms with E-state index >= 15 is 0 Å². The zero-order valence-corrected chi connectivity index (χ0v) is 15.8. The first kappa shape index (κ1) is 19.8. The van der Waals surface area contributed by atoms with E-state index < -0.39 is 5.91 Å². The maximum Gasteiger partial charge on any atom is 0.260 e. The fraction of sp³-hybridized carbons (Fsp3) is 0.0417. The van der Waals surface area contributed by atoms with Crippen LogP contribution in [0.1, 0.15) is 26.3 Å². The van der Waals surface area contributed by atoms with Gasteiger partial charge in [-0.1, -0.05) is 78.9 Å². The molecule has 0 spiro atoms. The van der Waals surface area contributed by atoms with E-state index in [9.17, 15) is 9.59 Å². The van der Waals surface area contributed by atoms with Crippen molar-refractivity contribution >= 4 is 23.8 Å². The molecule has 0 aromatic heterocycles. The minimum absolute atomic E-state index is 0.149. The quantitative estimate of drug-likeness (QED) is 0.512. The van der Waals surface area contributed by atoms with Crippen LogP contribution in [0.25, 0.3) is 6.08 Å². The number of amides is 2. The molecule has 3 aromatic carbocycles. The molecule has 0 aliphatic carbocycles. The molecule has 3 rings (SSSR count). The highest BCUT2D eigenvalue weighted by Gasteiger charge is 2.21. The number of guanidine groups is 1. The van der Waals surface area contributed by atoms with E-state index in [1.165, 1.54) is 4.90 Å². The van der Waals surface area contributed by atoms with Gasteiger partial charge in [0, 0.05) is 17.7 Å². The van der Waals surface area contributed by atoms with Crippen molar-refractivity contribution in [2.24, 2.45) is 0 Å². The Hall–Kier alpha value is -3.99. The number of nitrogens with zero attached hydrogens (tertiary/aromatic N) is 1. The molecule has 0 radical (unpaired) electrons. The molecule has 144 valence electrons. The molecule has 5 nitrogen and oxygen atoms in total. The molecule has 5 heteroatoms. The van der Waals surface area contributed by atoms with Gasteiger partial charge in [-0.2, -0.15) is 0 Å². The topological polar surface area (TPSA) is 73.3 Å². The Morgan fingerprint density at radius 3 is 1.90 bits per heavy atom. The lowest BCUT2D eigenvalue weighted by Crippen LogP contribution is -2.46. The van der Waals surface area contributed by atoms with Crippen LogP contribution in [0.4, 0.5) is 0 Å². The second-order valence-electron chi connectivity index (χ2n) is 6.26. The van der Waals surface area contributed by atoms with Crippen molar-refractivity contribution in [3.63, 3.8) is 0 Å². The van der Waals surface area contributed by atoms with Gasteiger partial charge in [0.1, 0.15) is 0 Å². The second-order valence-corrected chi connectivity index (χ2v) is 6.26. The van der Waals surface area contributed by atoms with Gasteiger partial charge in [0.15, 0.2) is 0 Å². The van der Waals surface area contributed by atoms with Crippen LogP contribution < -0.4 is 5.32 Å². The van der Waals surface area contributed by atoms with Crippen molar-refractivity contribution < 1.29 is 9.59 Å². The maximum atomic E-state index is 12.9. The number of nitrogens with one attached hydrogen (secondary N) is 2. The summed E-state index contributed by atoms with van der Waals surface area (Å²) in [6.07, 6.45) is 3.66. The summed E-state index contributed by atoms with van der Waals surface area (Å²) in [4.78, 5) is 26.6. The molecule has 0 bridgehead atoms. The average molecular weight is 383 g/mol. The van der Waals surface area contributed by atoms with Gasteiger partial charge < -0.3 is 0 Å². The predicted molar refractivity (Wildman–Crippen MR) is 115 cm³/mol. The Kier molecular flexibility index (Phi) is 6.68. The van der Waals surface area contributed by atoms with Crippen molar-refractivity contribution in [1.82, 2.24) is 10.2 Å². The summed E-state index contributed by atoms with van der Waals surface area (Å²) in [6.45, 7) is 0.149. The summed E-state index contributed by atoms with van der Waals surface area (Å²) < 4.78 is 0. The van der Waals surface area contributed by atoms with Crippen LogP contribution in [0, 0.1) is 5.41 Å². The Morgan fingerprint density at radius 1 is 0.793 bits per heavy atom. The molecule has 0 saturated carbocycles. The van der Waals surface area contributed by atoms with Gasteiger partial charge in [0.2, 0.25) is 5.96 Å². The lowest BCUT2D eigenvalue weighted by molar-refractivity contribution is 0.0850. The van der Waals surface area contributed by atoms with Crippen molar-refractivity contribution in [2.45, 2.75) is 0 Å². The molecule has 29 heavy (non-hydrogen) atoms. The summed E-state index contributed by atoms with van der Waals surface area (Å²) in [6, 6.07) is 27.0. The molecule has 0 heterocycles. The first-order valence-electron chi connectivity index (χ1n) is 9.18. The molecule has 0 aliphatic heterocycles. The zero-order chi connectivity index (χ0) is 20.5. The number of carbonyl (C=O) groups is 2. The first-order chi connectivity index (χ1) is 14.1. The lowest BCUT2D eigenvalue weighted by atomic mass is 10.2. The minimum atomic E-state index is -0.437. The van der Waals surface area contributed by atoms with Gasteiger partial charge in [0.25, 0.3) is 11.8 Å². The predicted octanol–water partition coefficient (Wildman–Crippen LogP) is 4.21. The fourth-order valence-electron chi connectivity index (χ4n) is 2.71. The number of benzene rings is 3. The third kappa shape index (κ3) is 5.49. The standard InChI is InChI=1S/C24H21N3O2/c25-24(26-22(28)20-14-6-2-7-15-20)27(23(29)21-16-8-3-9-17-21)18-10-13-19-11-4-1-5-12-19/h1-17H,18H2,(H2,25,26,28)/b13-10+. The highest BCUT2D eigenvalue weighted by molar-refractivity contribution is 6.11. The molecule has 2 N–H and O–H groups in total. The second kappa shape index (κ2) is 9.80. The van der Waals surface area contributed by atoms with Gasteiger partial charge >= 0.3 is 0 Å². The molecule has 3 aromatic rings. The van der Waals surface area contributed by atoms with Gasteiger partial charge in [-0.05, 0) is 29.8 Å². The van der Waals surface area contributed by atoms with E-state index in [4.69, 9.17) is 5.41 Å². The van der Waals surface area contributed by atoms with E-state index in [0.29, 0.717) is 11.1 Å². The van der Waals surface area contributed by atoms with E-state index in [-0.39, 0.29) is 18.4 Å². The van der Waals surface area contributed by atoms with Crippen LogP contribution in [0.5, 0.6) is 0 Å². The third-order valence-electron chi connectivity index (χ3n) is 4.20. The van der Waals surface area contributed by atoms with Gasteiger partial charge in [-0.25, -0.2) is 0 Å². The molecule has 0 saturated heterocycles. The molecule has 0 fully saturated rings. The van der Waals surface area contributed by atoms with Crippen molar-refractivity contribution in [1.29, 1.82) is 5.41 Å². The van der Waals surface area contributed by atoms with Gasteiger partial charge in [0.05, 0.1) is 0 Å². The first-order valence-corrected chi connectivity index (χ1v) is 9.18. The smallest absolute Gasteiger partial charge is 0.260 e. The molecule has 0 aliphatic rings. The summed E-state index contributed by atoms with van der Waals surface area (Å²) in [5.41, 5.74) is 1.85. The lowest BCUT2D eigenvalue weighted by Gasteiger charge is -2.22. The highest BCUT2D eigenvalue weighted by Crippen LogP contribution is 2.07. The summed E-state index contributed by atoms with van der Waals surface area (Å²) in [7, 11) is 0. The molecular formula is C24H21N3O2. The number of hydrogen-bond donors (Lipinski definition) is 2. The maximum absolute atomic E-state index is 12.9. The van der Waals surface area contributed by atoms with Crippen LogP contribution in [0.15, 0.2) is 97.1 Å². The van der Waals surface area contributed by atoms with E-state index in [1.807, 2.05) is 48.5 Å². The normalized spacial score (nSPS) is 10.5. The van der Waals surface area contributed by atoms with Gasteiger partial charge in [-0.15, -0.1) is 0 Å². The molecule has 2 amide bonds. The molecule has 0 atom stereocenters. The van der Waals surface area contributed by atoms with Crippen LogP contribution in [0.2, 0.25) is 0 Å². The SMILES string of the molecule is N=C(NC(=O)c1ccccc1)N(C/C=C/c1ccccc1)C(=O)c1ccccc1. The third-order valence-corrected chi connectivity index (χ3v) is 4.20.